The van der Waals surface area contributed by atoms with Crippen LogP contribution in [0.2, 0.25) is 0 Å². The number of fused-ring (bicyclic) bond motifs is 1. The van der Waals surface area contributed by atoms with Crippen molar-refractivity contribution in [2.45, 2.75) is 13.2 Å². The van der Waals surface area contributed by atoms with Gasteiger partial charge in [-0.05, 0) is 6.07 Å². The molecule has 0 spiro atoms. The van der Waals surface area contributed by atoms with Crippen LogP contribution in [0.1, 0.15) is 11.3 Å². The lowest BCUT2D eigenvalue weighted by atomic mass is 10.2. The molecule has 5 nitrogen and oxygen atoms in total. The van der Waals surface area contributed by atoms with E-state index in [9.17, 15) is 5.11 Å². The summed E-state index contributed by atoms with van der Waals surface area (Å²) >= 11 is 1.53. The first-order valence-electron chi connectivity index (χ1n) is 5.84. The second-order valence-electron chi connectivity index (χ2n) is 3.99. The molecular weight excluding hydrogens is 262 g/mol. The van der Waals surface area contributed by atoms with E-state index in [2.05, 4.69) is 4.98 Å². The van der Waals surface area contributed by atoms with Crippen LogP contribution < -0.4 is 10.5 Å². The Morgan fingerprint density at radius 3 is 3.00 bits per heavy atom. The first kappa shape index (κ1) is 12.2. The van der Waals surface area contributed by atoms with Crippen LogP contribution in [0.15, 0.2) is 35.8 Å². The standard InChI is InChI=1S/C13H13N3O2S/c14-7-10-12(15-13-16(10)5-6-19-13)18-11-4-2-1-3-9(11)8-17/h1-6,17H,7-8,14H2. The van der Waals surface area contributed by atoms with E-state index < -0.39 is 0 Å². The van der Waals surface area contributed by atoms with Gasteiger partial charge in [0.15, 0.2) is 4.96 Å². The maximum absolute atomic E-state index is 9.29. The number of benzene rings is 1. The summed E-state index contributed by atoms with van der Waals surface area (Å²) in [4.78, 5) is 5.26. The van der Waals surface area contributed by atoms with E-state index in [0.717, 1.165) is 16.2 Å². The van der Waals surface area contributed by atoms with Crippen molar-refractivity contribution in [1.82, 2.24) is 9.38 Å². The number of para-hydroxylation sites is 1. The highest BCUT2D eigenvalue weighted by atomic mass is 32.1. The topological polar surface area (TPSA) is 72.8 Å². The summed E-state index contributed by atoms with van der Waals surface area (Å²) in [6, 6.07) is 7.33. The maximum Gasteiger partial charge on any atom is 0.243 e. The number of hydrogen-bond donors (Lipinski definition) is 2. The fraction of sp³-hybridized carbons (Fsp3) is 0.154. The van der Waals surface area contributed by atoms with Gasteiger partial charge in [0.05, 0.1) is 6.61 Å². The number of ether oxygens (including phenoxy) is 1. The molecule has 0 bridgehead atoms. The average Bonchev–Trinajstić information content (AvgIpc) is 2.99. The molecule has 0 unspecified atom stereocenters. The van der Waals surface area contributed by atoms with Crippen LogP contribution in [0.5, 0.6) is 11.6 Å². The lowest BCUT2D eigenvalue weighted by Crippen LogP contribution is -2.02. The third kappa shape index (κ3) is 2.10. The molecule has 0 atom stereocenters. The van der Waals surface area contributed by atoms with Crippen LogP contribution in [0.25, 0.3) is 4.96 Å². The quantitative estimate of drug-likeness (QED) is 0.765. The van der Waals surface area contributed by atoms with Crippen LogP contribution in [-0.4, -0.2) is 14.5 Å². The summed E-state index contributed by atoms with van der Waals surface area (Å²) in [6.07, 6.45) is 1.92. The first-order valence-corrected chi connectivity index (χ1v) is 6.72. The lowest BCUT2D eigenvalue weighted by molar-refractivity contribution is 0.276. The van der Waals surface area contributed by atoms with Crippen molar-refractivity contribution in [2.75, 3.05) is 0 Å². The Hall–Kier alpha value is -1.89. The second kappa shape index (κ2) is 5.00. The highest BCUT2D eigenvalue weighted by Gasteiger charge is 2.14. The molecule has 0 fully saturated rings. The molecule has 0 saturated carbocycles. The summed E-state index contributed by atoms with van der Waals surface area (Å²) in [5.41, 5.74) is 7.31. The monoisotopic (exact) mass is 275 g/mol. The molecule has 98 valence electrons. The van der Waals surface area contributed by atoms with E-state index in [1.54, 1.807) is 6.07 Å². The number of aliphatic hydroxyl groups is 1. The van der Waals surface area contributed by atoms with Gasteiger partial charge < -0.3 is 15.6 Å². The van der Waals surface area contributed by atoms with Gasteiger partial charge in [0, 0.05) is 23.7 Å². The van der Waals surface area contributed by atoms with Crippen LogP contribution in [-0.2, 0) is 13.2 Å². The molecule has 3 N–H and O–H groups in total. The molecular formula is C13H13N3O2S. The number of aromatic nitrogens is 2. The normalized spacial score (nSPS) is 11.1. The van der Waals surface area contributed by atoms with Gasteiger partial charge in [-0.1, -0.05) is 18.2 Å². The molecule has 0 aliphatic carbocycles. The number of nitrogens with zero attached hydrogens (tertiary/aromatic N) is 2. The van der Waals surface area contributed by atoms with Crippen molar-refractivity contribution in [3.8, 4) is 11.6 Å². The Labute approximate surface area is 113 Å². The Bertz CT molecular complexity index is 705. The van der Waals surface area contributed by atoms with Crippen LogP contribution in [0.4, 0.5) is 0 Å². The number of nitrogens with two attached hydrogens (primary N) is 1. The number of rotatable bonds is 4. The van der Waals surface area contributed by atoms with Crippen LogP contribution >= 0.6 is 11.3 Å². The summed E-state index contributed by atoms with van der Waals surface area (Å²) in [7, 11) is 0. The van der Waals surface area contributed by atoms with E-state index >= 15 is 0 Å². The number of thiazole rings is 1. The molecule has 0 radical (unpaired) electrons. The van der Waals surface area contributed by atoms with Crippen LogP contribution in [0.3, 0.4) is 0 Å². The van der Waals surface area contributed by atoms with Gasteiger partial charge in [0.1, 0.15) is 11.4 Å². The van der Waals surface area contributed by atoms with E-state index in [1.165, 1.54) is 11.3 Å². The van der Waals surface area contributed by atoms with Crippen molar-refractivity contribution in [2.24, 2.45) is 5.73 Å². The van der Waals surface area contributed by atoms with E-state index in [0.29, 0.717) is 18.2 Å². The smallest absolute Gasteiger partial charge is 0.243 e. The maximum atomic E-state index is 9.29. The highest BCUT2D eigenvalue weighted by molar-refractivity contribution is 7.15. The van der Waals surface area contributed by atoms with E-state index in [4.69, 9.17) is 10.5 Å². The van der Waals surface area contributed by atoms with Crippen molar-refractivity contribution < 1.29 is 9.84 Å². The van der Waals surface area contributed by atoms with Gasteiger partial charge in [0.25, 0.3) is 0 Å². The Kier molecular flexibility index (Phi) is 3.20. The molecule has 0 amide bonds. The predicted octanol–water partition coefficient (Wildman–Crippen LogP) is 2.14. The summed E-state index contributed by atoms with van der Waals surface area (Å²) in [6.45, 7) is 0.269. The average molecular weight is 275 g/mol. The lowest BCUT2D eigenvalue weighted by Gasteiger charge is -2.08. The molecule has 1 aromatic carbocycles. The summed E-state index contributed by atoms with van der Waals surface area (Å²) in [5, 5.41) is 11.2. The molecule has 2 heterocycles. The minimum absolute atomic E-state index is 0.0731. The van der Waals surface area contributed by atoms with E-state index in [1.807, 2.05) is 34.2 Å². The zero-order valence-corrected chi connectivity index (χ0v) is 10.9. The molecule has 3 aromatic rings. The first-order chi connectivity index (χ1) is 9.33. The van der Waals surface area contributed by atoms with Gasteiger partial charge in [-0.15, -0.1) is 11.3 Å². The van der Waals surface area contributed by atoms with Crippen molar-refractivity contribution >= 4 is 16.3 Å². The Morgan fingerprint density at radius 2 is 2.21 bits per heavy atom. The Morgan fingerprint density at radius 1 is 1.37 bits per heavy atom. The van der Waals surface area contributed by atoms with Gasteiger partial charge in [-0.3, -0.25) is 4.40 Å². The van der Waals surface area contributed by atoms with Gasteiger partial charge in [0.2, 0.25) is 5.88 Å². The third-order valence-electron chi connectivity index (χ3n) is 2.87. The molecule has 19 heavy (non-hydrogen) atoms. The van der Waals surface area contributed by atoms with Crippen LogP contribution in [0, 0.1) is 0 Å². The molecule has 2 aromatic heterocycles. The SMILES string of the molecule is NCc1c(Oc2ccccc2CO)nc2sccn12. The Balaban J connectivity index is 2.02. The molecule has 0 aliphatic heterocycles. The zero-order valence-electron chi connectivity index (χ0n) is 10.1. The number of imidazole rings is 1. The predicted molar refractivity (Wildman–Crippen MR) is 73.4 cm³/mol. The van der Waals surface area contributed by atoms with Gasteiger partial charge in [-0.25, -0.2) is 0 Å². The molecule has 0 saturated heterocycles. The van der Waals surface area contributed by atoms with Crippen molar-refractivity contribution in [3.05, 3.63) is 47.1 Å². The zero-order chi connectivity index (χ0) is 13.2. The van der Waals surface area contributed by atoms with Crippen molar-refractivity contribution in [1.29, 1.82) is 0 Å². The largest absolute Gasteiger partial charge is 0.437 e. The summed E-state index contributed by atoms with van der Waals surface area (Å²) in [5.74, 6) is 1.10. The van der Waals surface area contributed by atoms with E-state index in [-0.39, 0.29) is 6.61 Å². The molecule has 6 heteroatoms. The fourth-order valence-electron chi connectivity index (χ4n) is 1.92. The fourth-order valence-corrected chi connectivity index (χ4v) is 2.64. The van der Waals surface area contributed by atoms with Gasteiger partial charge in [-0.2, -0.15) is 4.98 Å². The third-order valence-corrected chi connectivity index (χ3v) is 3.62. The molecule has 3 rings (SSSR count). The minimum atomic E-state index is -0.0731. The molecule has 0 aliphatic rings. The van der Waals surface area contributed by atoms with Crippen molar-refractivity contribution in [3.63, 3.8) is 0 Å². The number of hydrogen-bond acceptors (Lipinski definition) is 5. The highest BCUT2D eigenvalue weighted by Crippen LogP contribution is 2.29. The minimum Gasteiger partial charge on any atom is -0.437 e. The summed E-state index contributed by atoms with van der Waals surface area (Å²) < 4.78 is 7.72. The van der Waals surface area contributed by atoms with Gasteiger partial charge >= 0.3 is 0 Å². The second-order valence-corrected chi connectivity index (χ2v) is 4.86. The number of aliphatic hydroxyl groups excluding tert-OH is 1.